The lowest BCUT2D eigenvalue weighted by atomic mass is 9.89. The van der Waals surface area contributed by atoms with E-state index in [4.69, 9.17) is 4.74 Å². The van der Waals surface area contributed by atoms with Gasteiger partial charge in [0.2, 0.25) is 0 Å². The van der Waals surface area contributed by atoms with Crippen LogP contribution < -0.4 is 5.32 Å². The van der Waals surface area contributed by atoms with Gasteiger partial charge in [0.1, 0.15) is 0 Å². The Bertz CT molecular complexity index is 248. The smallest absolute Gasteiger partial charge is 0.0608 e. The molecule has 18 heavy (non-hydrogen) atoms. The highest BCUT2D eigenvalue weighted by Crippen LogP contribution is 2.27. The standard InChI is InChI=1S/C15H30N2O/c1-15(2,3)11-17-7-5-13(6-8-17)18-14-9-12(10-14)16-4/h12-14,16H,5-11H2,1-4H3/t12-,14-. The Balaban J connectivity index is 1.62. The summed E-state index contributed by atoms with van der Waals surface area (Å²) >= 11 is 0. The summed E-state index contributed by atoms with van der Waals surface area (Å²) in [4.78, 5) is 2.59. The van der Waals surface area contributed by atoms with Crippen LogP contribution >= 0.6 is 0 Å². The molecule has 0 bridgehead atoms. The highest BCUT2D eigenvalue weighted by atomic mass is 16.5. The zero-order valence-electron chi connectivity index (χ0n) is 12.5. The molecule has 2 fully saturated rings. The van der Waals surface area contributed by atoms with Crippen molar-refractivity contribution in [3.8, 4) is 0 Å². The molecule has 0 aromatic rings. The van der Waals surface area contributed by atoms with Gasteiger partial charge in [-0.1, -0.05) is 20.8 Å². The van der Waals surface area contributed by atoms with Gasteiger partial charge in [0, 0.05) is 25.7 Å². The molecule has 106 valence electrons. The van der Waals surface area contributed by atoms with E-state index < -0.39 is 0 Å². The van der Waals surface area contributed by atoms with Gasteiger partial charge in [0.05, 0.1) is 12.2 Å². The Morgan fingerprint density at radius 2 is 1.72 bits per heavy atom. The largest absolute Gasteiger partial charge is 0.375 e. The maximum atomic E-state index is 6.17. The minimum Gasteiger partial charge on any atom is -0.375 e. The number of ether oxygens (including phenoxy) is 1. The van der Waals surface area contributed by atoms with Crippen molar-refractivity contribution in [2.75, 3.05) is 26.7 Å². The molecule has 1 heterocycles. The van der Waals surface area contributed by atoms with E-state index in [9.17, 15) is 0 Å². The van der Waals surface area contributed by atoms with E-state index in [2.05, 4.69) is 31.0 Å². The first-order chi connectivity index (χ1) is 8.46. The van der Waals surface area contributed by atoms with E-state index in [-0.39, 0.29) is 0 Å². The fourth-order valence-electron chi connectivity index (χ4n) is 3.06. The van der Waals surface area contributed by atoms with Crippen molar-refractivity contribution in [3.63, 3.8) is 0 Å². The number of nitrogens with zero attached hydrogens (tertiary/aromatic N) is 1. The van der Waals surface area contributed by atoms with E-state index >= 15 is 0 Å². The average Bonchev–Trinajstić information content (AvgIpc) is 2.23. The maximum Gasteiger partial charge on any atom is 0.0608 e. The molecule has 0 aromatic carbocycles. The second-order valence-corrected chi connectivity index (χ2v) is 7.25. The molecule has 2 aliphatic rings. The zero-order valence-corrected chi connectivity index (χ0v) is 12.5. The fraction of sp³-hybridized carbons (Fsp3) is 1.00. The summed E-state index contributed by atoms with van der Waals surface area (Å²) in [6.07, 6.45) is 5.90. The predicted octanol–water partition coefficient (Wildman–Crippen LogP) is 2.26. The highest BCUT2D eigenvalue weighted by Gasteiger charge is 2.32. The monoisotopic (exact) mass is 254 g/mol. The molecule has 1 N–H and O–H groups in total. The third-order valence-corrected chi connectivity index (χ3v) is 4.12. The number of nitrogens with one attached hydrogen (secondary N) is 1. The third-order valence-electron chi connectivity index (χ3n) is 4.12. The van der Waals surface area contributed by atoms with Crippen molar-refractivity contribution in [1.82, 2.24) is 10.2 Å². The molecule has 2 rings (SSSR count). The van der Waals surface area contributed by atoms with Gasteiger partial charge in [0.15, 0.2) is 0 Å². The van der Waals surface area contributed by atoms with Crippen LogP contribution in [0.5, 0.6) is 0 Å². The first kappa shape index (κ1) is 14.3. The zero-order chi connectivity index (χ0) is 13.2. The summed E-state index contributed by atoms with van der Waals surface area (Å²) < 4.78 is 6.17. The van der Waals surface area contributed by atoms with Crippen molar-refractivity contribution < 1.29 is 4.74 Å². The summed E-state index contributed by atoms with van der Waals surface area (Å²) in [7, 11) is 2.05. The average molecular weight is 254 g/mol. The molecule has 0 amide bonds. The number of likely N-dealkylation sites (tertiary alicyclic amines) is 1. The van der Waals surface area contributed by atoms with Gasteiger partial charge in [-0.3, -0.25) is 0 Å². The summed E-state index contributed by atoms with van der Waals surface area (Å²) in [5, 5.41) is 3.31. The summed E-state index contributed by atoms with van der Waals surface area (Å²) in [6, 6.07) is 0.705. The van der Waals surface area contributed by atoms with Gasteiger partial charge in [-0.05, 0) is 38.1 Å². The van der Waals surface area contributed by atoms with Gasteiger partial charge < -0.3 is 15.0 Å². The Hall–Kier alpha value is -0.120. The quantitative estimate of drug-likeness (QED) is 0.833. The van der Waals surface area contributed by atoms with Gasteiger partial charge in [0.25, 0.3) is 0 Å². The van der Waals surface area contributed by atoms with Gasteiger partial charge >= 0.3 is 0 Å². The van der Waals surface area contributed by atoms with Gasteiger partial charge in [-0.2, -0.15) is 0 Å². The molecule has 0 atom stereocenters. The third kappa shape index (κ3) is 4.22. The van der Waals surface area contributed by atoms with Crippen LogP contribution in [0.15, 0.2) is 0 Å². The minimum absolute atomic E-state index is 0.418. The van der Waals surface area contributed by atoms with E-state index in [0.29, 0.717) is 23.7 Å². The molecule has 0 unspecified atom stereocenters. The Morgan fingerprint density at radius 3 is 2.22 bits per heavy atom. The van der Waals surface area contributed by atoms with Crippen LogP contribution in [0.2, 0.25) is 0 Å². The Kier molecular flexibility index (Phi) is 4.68. The van der Waals surface area contributed by atoms with Crippen LogP contribution in [0.4, 0.5) is 0 Å². The molecule has 1 aliphatic heterocycles. The topological polar surface area (TPSA) is 24.5 Å². The van der Waals surface area contributed by atoms with Crippen LogP contribution in [0.3, 0.4) is 0 Å². The number of hydrogen-bond donors (Lipinski definition) is 1. The van der Waals surface area contributed by atoms with Crippen LogP contribution in [0.1, 0.15) is 46.5 Å². The normalized spacial score (nSPS) is 31.3. The van der Waals surface area contributed by atoms with Crippen molar-refractivity contribution >= 4 is 0 Å². The Morgan fingerprint density at radius 1 is 1.11 bits per heavy atom. The molecule has 1 saturated heterocycles. The first-order valence-electron chi connectivity index (χ1n) is 7.51. The molecule has 1 saturated carbocycles. The SMILES string of the molecule is CN[C@H]1C[C@H](OC2CCN(CC(C)(C)C)CC2)C1. The van der Waals surface area contributed by atoms with E-state index in [1.165, 1.54) is 45.3 Å². The molecule has 0 aromatic heterocycles. The maximum absolute atomic E-state index is 6.17. The lowest BCUT2D eigenvalue weighted by molar-refractivity contribution is -0.0850. The van der Waals surface area contributed by atoms with E-state index in [1.807, 2.05) is 7.05 Å². The van der Waals surface area contributed by atoms with Crippen LogP contribution in [0.25, 0.3) is 0 Å². The first-order valence-corrected chi connectivity index (χ1v) is 7.51. The number of hydrogen-bond acceptors (Lipinski definition) is 3. The van der Waals surface area contributed by atoms with E-state index in [0.717, 1.165) is 0 Å². The van der Waals surface area contributed by atoms with E-state index in [1.54, 1.807) is 0 Å². The molecule has 3 nitrogen and oxygen atoms in total. The number of rotatable bonds is 4. The molecule has 0 spiro atoms. The Labute approximate surface area is 112 Å². The van der Waals surface area contributed by atoms with Crippen molar-refractivity contribution in [2.24, 2.45) is 5.41 Å². The minimum atomic E-state index is 0.418. The fourth-order valence-corrected chi connectivity index (χ4v) is 3.06. The lowest BCUT2D eigenvalue weighted by Crippen LogP contribution is -2.47. The molecular weight excluding hydrogens is 224 g/mol. The van der Waals surface area contributed by atoms with Gasteiger partial charge in [-0.25, -0.2) is 0 Å². The summed E-state index contributed by atoms with van der Waals surface area (Å²) in [5.41, 5.74) is 0.418. The second-order valence-electron chi connectivity index (χ2n) is 7.25. The molecular formula is C15H30N2O. The summed E-state index contributed by atoms with van der Waals surface area (Å²) in [5.74, 6) is 0. The van der Waals surface area contributed by atoms with Crippen molar-refractivity contribution in [2.45, 2.75) is 64.7 Å². The number of piperidine rings is 1. The molecule has 3 heteroatoms. The van der Waals surface area contributed by atoms with Crippen molar-refractivity contribution in [3.05, 3.63) is 0 Å². The lowest BCUT2D eigenvalue weighted by Gasteiger charge is -2.41. The predicted molar refractivity (Wildman–Crippen MR) is 75.9 cm³/mol. The van der Waals surface area contributed by atoms with Crippen molar-refractivity contribution in [1.29, 1.82) is 0 Å². The van der Waals surface area contributed by atoms with Crippen LogP contribution in [-0.4, -0.2) is 49.8 Å². The van der Waals surface area contributed by atoms with Gasteiger partial charge in [-0.15, -0.1) is 0 Å². The van der Waals surface area contributed by atoms with Crippen LogP contribution in [0, 0.1) is 5.41 Å². The van der Waals surface area contributed by atoms with Crippen LogP contribution in [-0.2, 0) is 4.74 Å². The molecule has 1 aliphatic carbocycles. The second kappa shape index (κ2) is 5.89. The molecule has 0 radical (unpaired) electrons. The summed E-state index contributed by atoms with van der Waals surface area (Å²) in [6.45, 7) is 10.6. The highest BCUT2D eigenvalue weighted by molar-refractivity contribution is 4.86.